The van der Waals surface area contributed by atoms with E-state index in [1.165, 1.54) is 6.33 Å². The molecule has 0 radical (unpaired) electrons. The Morgan fingerprint density at radius 1 is 1.50 bits per heavy atom. The smallest absolute Gasteiger partial charge is 0.166 e. The summed E-state index contributed by atoms with van der Waals surface area (Å²) in [5.74, 6) is 0. The monoisotopic (exact) mass is 158 g/mol. The third-order valence-corrected chi connectivity index (χ3v) is 1.63. The minimum atomic E-state index is 0.426. The molecule has 4 heteroatoms. The second-order valence-corrected chi connectivity index (χ2v) is 2.34. The van der Waals surface area contributed by atoms with E-state index in [0.29, 0.717) is 5.69 Å². The Labute approximate surface area is 68.9 Å². The van der Waals surface area contributed by atoms with Crippen molar-refractivity contribution in [2.24, 2.45) is 0 Å². The lowest BCUT2D eigenvalue weighted by Gasteiger charge is -1.89. The van der Waals surface area contributed by atoms with Crippen molar-refractivity contribution in [2.75, 3.05) is 0 Å². The Morgan fingerprint density at radius 3 is 3.08 bits per heavy atom. The van der Waals surface area contributed by atoms with Gasteiger partial charge in [0.15, 0.2) is 5.69 Å². The average Bonchev–Trinajstić information content (AvgIpc) is 2.74. The molecule has 0 saturated carbocycles. The first-order chi connectivity index (χ1) is 5.92. The number of aromatic nitrogens is 3. The maximum absolute atomic E-state index is 8.66. The molecule has 0 unspecified atom stereocenters. The van der Waals surface area contributed by atoms with Crippen molar-refractivity contribution >= 4 is 0 Å². The first-order valence-corrected chi connectivity index (χ1v) is 3.48. The molecule has 0 fully saturated rings. The van der Waals surface area contributed by atoms with Gasteiger partial charge in [-0.3, -0.25) is 0 Å². The predicted molar refractivity (Wildman–Crippen MR) is 43.1 cm³/mol. The van der Waals surface area contributed by atoms with E-state index in [1.54, 1.807) is 6.20 Å². The van der Waals surface area contributed by atoms with Crippen LogP contribution in [-0.2, 0) is 0 Å². The van der Waals surface area contributed by atoms with Crippen LogP contribution in [0, 0.1) is 11.3 Å². The van der Waals surface area contributed by atoms with Crippen LogP contribution in [0.4, 0.5) is 0 Å². The highest BCUT2D eigenvalue weighted by Gasteiger charge is 2.06. The van der Waals surface area contributed by atoms with Crippen LogP contribution in [-0.4, -0.2) is 15.0 Å². The van der Waals surface area contributed by atoms with Crippen LogP contribution in [0.2, 0.25) is 0 Å². The number of rotatable bonds is 1. The highest BCUT2D eigenvalue weighted by molar-refractivity contribution is 5.63. The number of nitrogens with one attached hydrogen (secondary N) is 2. The fourth-order valence-electron chi connectivity index (χ4n) is 1.08. The van der Waals surface area contributed by atoms with Gasteiger partial charge in [-0.15, -0.1) is 0 Å². The average molecular weight is 158 g/mol. The Kier molecular flexibility index (Phi) is 1.42. The molecule has 0 saturated heterocycles. The molecule has 2 heterocycles. The summed E-state index contributed by atoms with van der Waals surface area (Å²) in [6, 6.07) is 3.89. The van der Waals surface area contributed by atoms with E-state index in [9.17, 15) is 0 Å². The first kappa shape index (κ1) is 6.68. The van der Waals surface area contributed by atoms with Gasteiger partial charge in [-0.2, -0.15) is 5.26 Å². The molecule has 58 valence electrons. The van der Waals surface area contributed by atoms with Gasteiger partial charge in [-0.25, -0.2) is 4.98 Å². The van der Waals surface area contributed by atoms with Crippen LogP contribution < -0.4 is 0 Å². The molecule has 2 aromatic rings. The summed E-state index contributed by atoms with van der Waals surface area (Å²) in [6.45, 7) is 0. The third kappa shape index (κ3) is 0.883. The van der Waals surface area contributed by atoms with Gasteiger partial charge in [0.2, 0.25) is 0 Å². The van der Waals surface area contributed by atoms with Crippen molar-refractivity contribution in [1.82, 2.24) is 15.0 Å². The lowest BCUT2D eigenvalue weighted by atomic mass is 10.2. The van der Waals surface area contributed by atoms with Crippen molar-refractivity contribution < 1.29 is 0 Å². The van der Waals surface area contributed by atoms with E-state index < -0.39 is 0 Å². The summed E-state index contributed by atoms with van der Waals surface area (Å²) < 4.78 is 0. The number of imidazole rings is 1. The lowest BCUT2D eigenvalue weighted by Crippen LogP contribution is -1.78. The molecule has 4 nitrogen and oxygen atoms in total. The molecule has 0 amide bonds. The Hall–Kier alpha value is -2.02. The number of nitrogens with zero attached hydrogens (tertiary/aromatic N) is 2. The lowest BCUT2D eigenvalue weighted by molar-refractivity contribution is 1.29. The SMILES string of the molecule is N#Cc1nc[nH]c1-c1cc[nH]c1. The zero-order valence-corrected chi connectivity index (χ0v) is 6.20. The van der Waals surface area contributed by atoms with Crippen LogP contribution in [0.15, 0.2) is 24.8 Å². The number of hydrogen-bond donors (Lipinski definition) is 2. The normalized spacial score (nSPS) is 9.58. The molecular weight excluding hydrogens is 152 g/mol. The van der Waals surface area contributed by atoms with Crippen LogP contribution >= 0.6 is 0 Å². The third-order valence-electron chi connectivity index (χ3n) is 1.63. The summed E-state index contributed by atoms with van der Waals surface area (Å²) in [5.41, 5.74) is 2.14. The fraction of sp³-hybridized carbons (Fsp3) is 0. The minimum Gasteiger partial charge on any atom is -0.367 e. The number of nitriles is 1. The van der Waals surface area contributed by atoms with Crippen molar-refractivity contribution in [2.45, 2.75) is 0 Å². The molecule has 12 heavy (non-hydrogen) atoms. The molecule has 2 aromatic heterocycles. The molecule has 2 N–H and O–H groups in total. The van der Waals surface area contributed by atoms with Gasteiger partial charge in [-0.1, -0.05) is 0 Å². The van der Waals surface area contributed by atoms with Gasteiger partial charge in [-0.05, 0) is 6.07 Å². The maximum Gasteiger partial charge on any atom is 0.166 e. The summed E-state index contributed by atoms with van der Waals surface area (Å²) in [4.78, 5) is 9.68. The zero-order valence-electron chi connectivity index (χ0n) is 6.20. The van der Waals surface area contributed by atoms with Crippen molar-refractivity contribution in [3.63, 3.8) is 0 Å². The largest absolute Gasteiger partial charge is 0.367 e. The van der Waals surface area contributed by atoms with E-state index in [-0.39, 0.29) is 0 Å². The molecule has 2 rings (SSSR count). The standard InChI is InChI=1S/C8H6N4/c9-3-7-8(12-5-11-7)6-1-2-10-4-6/h1-2,4-5,10H,(H,11,12). The number of aromatic amines is 2. The molecule has 0 aromatic carbocycles. The molecule has 0 aliphatic carbocycles. The number of H-pyrrole nitrogens is 2. The highest BCUT2D eigenvalue weighted by atomic mass is 14.9. The molecule has 0 atom stereocenters. The second kappa shape index (κ2) is 2.55. The van der Waals surface area contributed by atoms with Gasteiger partial charge in [0.1, 0.15) is 6.07 Å². The van der Waals surface area contributed by atoms with Crippen LogP contribution in [0.25, 0.3) is 11.3 Å². The van der Waals surface area contributed by atoms with Gasteiger partial charge in [0.05, 0.1) is 12.0 Å². The predicted octanol–water partition coefficient (Wildman–Crippen LogP) is 1.28. The quantitative estimate of drug-likeness (QED) is 0.656. The van der Waals surface area contributed by atoms with Gasteiger partial charge >= 0.3 is 0 Å². The second-order valence-electron chi connectivity index (χ2n) is 2.34. The minimum absolute atomic E-state index is 0.426. The van der Waals surface area contributed by atoms with Crippen molar-refractivity contribution in [3.05, 3.63) is 30.5 Å². The van der Waals surface area contributed by atoms with Crippen molar-refractivity contribution in [3.8, 4) is 17.3 Å². The van der Waals surface area contributed by atoms with Crippen LogP contribution in [0.1, 0.15) is 5.69 Å². The summed E-state index contributed by atoms with van der Waals surface area (Å²) in [6.07, 6.45) is 5.13. The maximum atomic E-state index is 8.66. The summed E-state index contributed by atoms with van der Waals surface area (Å²) >= 11 is 0. The van der Waals surface area contributed by atoms with Gasteiger partial charge in [0.25, 0.3) is 0 Å². The van der Waals surface area contributed by atoms with E-state index in [1.807, 2.05) is 18.3 Å². The van der Waals surface area contributed by atoms with Crippen LogP contribution in [0.3, 0.4) is 0 Å². The summed E-state index contributed by atoms with van der Waals surface area (Å²) in [5, 5.41) is 8.66. The molecular formula is C8H6N4. The van der Waals surface area contributed by atoms with E-state index in [4.69, 9.17) is 5.26 Å². The Morgan fingerprint density at radius 2 is 2.42 bits per heavy atom. The number of hydrogen-bond acceptors (Lipinski definition) is 2. The van der Waals surface area contributed by atoms with Gasteiger partial charge < -0.3 is 9.97 Å². The van der Waals surface area contributed by atoms with Crippen molar-refractivity contribution in [1.29, 1.82) is 5.26 Å². The van der Waals surface area contributed by atoms with E-state index in [0.717, 1.165) is 11.3 Å². The fourth-order valence-corrected chi connectivity index (χ4v) is 1.08. The zero-order chi connectivity index (χ0) is 8.39. The molecule has 0 spiro atoms. The van der Waals surface area contributed by atoms with E-state index >= 15 is 0 Å². The molecule has 0 aliphatic rings. The highest BCUT2D eigenvalue weighted by Crippen LogP contribution is 2.18. The van der Waals surface area contributed by atoms with E-state index in [2.05, 4.69) is 15.0 Å². The molecule has 0 bridgehead atoms. The molecule has 0 aliphatic heterocycles. The van der Waals surface area contributed by atoms with Gasteiger partial charge in [0, 0.05) is 18.0 Å². The summed E-state index contributed by atoms with van der Waals surface area (Å²) in [7, 11) is 0. The Balaban J connectivity index is 2.55. The van der Waals surface area contributed by atoms with Crippen LogP contribution in [0.5, 0.6) is 0 Å². The Bertz CT molecular complexity index is 404. The topological polar surface area (TPSA) is 68.3 Å². The first-order valence-electron chi connectivity index (χ1n) is 3.48.